The Morgan fingerprint density at radius 3 is 2.62 bits per heavy atom. The summed E-state index contributed by atoms with van der Waals surface area (Å²) >= 11 is 0. The monoisotopic (exact) mass is 358 g/mol. The summed E-state index contributed by atoms with van der Waals surface area (Å²) in [5.74, 6) is 0.397. The number of benzene rings is 1. The minimum atomic E-state index is -0.288. The van der Waals surface area contributed by atoms with Gasteiger partial charge in [0.15, 0.2) is 0 Å². The first-order chi connectivity index (χ1) is 12.7. The Hall–Kier alpha value is -2.12. The van der Waals surface area contributed by atoms with Crippen LogP contribution in [0, 0.1) is 5.92 Å². The van der Waals surface area contributed by atoms with Crippen LogP contribution in [0.25, 0.3) is 0 Å². The van der Waals surface area contributed by atoms with E-state index in [4.69, 9.17) is 4.74 Å². The van der Waals surface area contributed by atoms with Crippen molar-refractivity contribution in [1.82, 2.24) is 20.7 Å². The zero-order valence-electron chi connectivity index (χ0n) is 15.1. The van der Waals surface area contributed by atoms with Crippen LogP contribution >= 0.6 is 0 Å². The van der Waals surface area contributed by atoms with Gasteiger partial charge in [-0.2, -0.15) is 0 Å². The van der Waals surface area contributed by atoms with Crippen LogP contribution in [0.2, 0.25) is 0 Å². The standard InChI is InChI=1S/C19H26N4O3/c1-2-26-19(25)23-11-9-22(10-12-23)18(24)17-15-8-7-13-5-3-4-6-14(13)16(15)20-21-17/h3-6,15-17,20-21H,2,7-12H2,1H3. The molecule has 0 spiro atoms. The molecule has 3 atom stereocenters. The van der Waals surface area contributed by atoms with Gasteiger partial charge in [0.05, 0.1) is 12.6 Å². The summed E-state index contributed by atoms with van der Waals surface area (Å²) in [7, 11) is 0. The van der Waals surface area contributed by atoms with Crippen molar-refractivity contribution >= 4 is 12.0 Å². The van der Waals surface area contributed by atoms with Gasteiger partial charge < -0.3 is 14.5 Å². The third kappa shape index (κ3) is 3.05. The molecule has 0 radical (unpaired) electrons. The Balaban J connectivity index is 1.39. The predicted octanol–water partition coefficient (Wildman–Crippen LogP) is 1.07. The molecule has 0 aromatic heterocycles. The second-order valence-corrected chi connectivity index (χ2v) is 7.16. The van der Waals surface area contributed by atoms with E-state index >= 15 is 0 Å². The quantitative estimate of drug-likeness (QED) is 0.827. The molecule has 7 nitrogen and oxygen atoms in total. The lowest BCUT2D eigenvalue weighted by molar-refractivity contribution is -0.135. The van der Waals surface area contributed by atoms with Crippen LogP contribution in [0.3, 0.4) is 0 Å². The fraction of sp³-hybridized carbons (Fsp3) is 0.579. The highest BCUT2D eigenvalue weighted by Gasteiger charge is 2.44. The highest BCUT2D eigenvalue weighted by molar-refractivity contribution is 5.83. The van der Waals surface area contributed by atoms with Crippen molar-refractivity contribution in [2.24, 2.45) is 5.92 Å². The van der Waals surface area contributed by atoms with Crippen LogP contribution in [-0.4, -0.2) is 60.6 Å². The molecule has 2 aliphatic heterocycles. The minimum Gasteiger partial charge on any atom is -0.450 e. The first kappa shape index (κ1) is 17.3. The lowest BCUT2D eigenvalue weighted by Crippen LogP contribution is -2.55. The van der Waals surface area contributed by atoms with Crippen molar-refractivity contribution in [1.29, 1.82) is 0 Å². The van der Waals surface area contributed by atoms with Crippen molar-refractivity contribution in [3.05, 3.63) is 35.4 Å². The number of hydrazine groups is 1. The molecule has 1 aromatic rings. The maximum absolute atomic E-state index is 13.1. The van der Waals surface area contributed by atoms with Crippen molar-refractivity contribution in [2.45, 2.75) is 31.8 Å². The lowest BCUT2D eigenvalue weighted by Gasteiger charge is -2.36. The fourth-order valence-corrected chi connectivity index (χ4v) is 4.38. The van der Waals surface area contributed by atoms with Crippen molar-refractivity contribution in [3.8, 4) is 0 Å². The molecule has 1 aromatic carbocycles. The molecule has 0 saturated carbocycles. The lowest BCUT2D eigenvalue weighted by atomic mass is 9.77. The number of piperazine rings is 1. The van der Waals surface area contributed by atoms with Gasteiger partial charge in [-0.05, 0) is 30.9 Å². The van der Waals surface area contributed by atoms with Gasteiger partial charge in [0.2, 0.25) is 5.91 Å². The number of carbonyl (C=O) groups excluding carboxylic acids is 2. The van der Waals surface area contributed by atoms with Crippen LogP contribution in [0.4, 0.5) is 4.79 Å². The molecular formula is C19H26N4O3. The SMILES string of the molecule is CCOC(=O)N1CCN(C(=O)C2NNC3c4ccccc4CCC23)CC1. The maximum atomic E-state index is 13.1. The van der Waals surface area contributed by atoms with E-state index in [0.29, 0.717) is 32.8 Å². The molecule has 4 rings (SSSR count). The largest absolute Gasteiger partial charge is 0.450 e. The number of ether oxygens (including phenoxy) is 1. The first-order valence-electron chi connectivity index (χ1n) is 9.48. The van der Waals surface area contributed by atoms with E-state index in [2.05, 4.69) is 35.1 Å². The van der Waals surface area contributed by atoms with E-state index in [0.717, 1.165) is 12.8 Å². The number of carbonyl (C=O) groups is 2. The molecule has 2 N–H and O–H groups in total. The van der Waals surface area contributed by atoms with Crippen molar-refractivity contribution < 1.29 is 14.3 Å². The highest BCUT2D eigenvalue weighted by atomic mass is 16.6. The molecule has 3 aliphatic rings. The molecule has 3 unspecified atom stereocenters. The molecule has 0 bridgehead atoms. The zero-order chi connectivity index (χ0) is 18.1. The smallest absolute Gasteiger partial charge is 0.409 e. The van der Waals surface area contributed by atoms with Crippen molar-refractivity contribution in [3.63, 3.8) is 0 Å². The zero-order valence-corrected chi connectivity index (χ0v) is 15.1. The van der Waals surface area contributed by atoms with E-state index in [1.54, 1.807) is 11.8 Å². The van der Waals surface area contributed by atoms with Gasteiger partial charge in [0.25, 0.3) is 0 Å². The average Bonchev–Trinajstić information content (AvgIpc) is 3.12. The minimum absolute atomic E-state index is 0.132. The summed E-state index contributed by atoms with van der Waals surface area (Å²) in [5.41, 5.74) is 9.27. The van der Waals surface area contributed by atoms with Gasteiger partial charge in [0, 0.05) is 32.1 Å². The van der Waals surface area contributed by atoms with E-state index in [9.17, 15) is 9.59 Å². The molecular weight excluding hydrogens is 332 g/mol. The highest BCUT2D eigenvalue weighted by Crippen LogP contribution is 2.39. The summed E-state index contributed by atoms with van der Waals surface area (Å²) in [6.07, 6.45) is 1.73. The van der Waals surface area contributed by atoms with Gasteiger partial charge in [0.1, 0.15) is 6.04 Å². The normalized spacial score (nSPS) is 27.7. The Morgan fingerprint density at radius 2 is 1.85 bits per heavy atom. The van der Waals surface area contributed by atoms with E-state index in [1.165, 1.54) is 11.1 Å². The Labute approximate surface area is 153 Å². The average molecular weight is 358 g/mol. The molecule has 2 fully saturated rings. The molecule has 26 heavy (non-hydrogen) atoms. The number of hydrogen-bond acceptors (Lipinski definition) is 5. The van der Waals surface area contributed by atoms with Crippen LogP contribution in [-0.2, 0) is 16.0 Å². The van der Waals surface area contributed by atoms with Gasteiger partial charge in [-0.3, -0.25) is 4.79 Å². The molecule has 2 amide bonds. The second kappa shape index (κ2) is 7.25. The van der Waals surface area contributed by atoms with Gasteiger partial charge in [-0.25, -0.2) is 15.6 Å². The number of hydrogen-bond donors (Lipinski definition) is 2. The number of amides is 2. The summed E-state index contributed by atoms with van der Waals surface area (Å²) in [4.78, 5) is 28.4. The Morgan fingerprint density at radius 1 is 1.12 bits per heavy atom. The Kier molecular flexibility index (Phi) is 4.82. The van der Waals surface area contributed by atoms with E-state index in [1.807, 2.05) is 4.90 Å². The topological polar surface area (TPSA) is 73.9 Å². The molecule has 2 saturated heterocycles. The predicted molar refractivity (Wildman–Crippen MR) is 96.2 cm³/mol. The third-order valence-electron chi connectivity index (χ3n) is 5.77. The second-order valence-electron chi connectivity index (χ2n) is 7.16. The first-order valence-corrected chi connectivity index (χ1v) is 9.48. The number of rotatable bonds is 2. The van der Waals surface area contributed by atoms with Crippen LogP contribution in [0.15, 0.2) is 24.3 Å². The van der Waals surface area contributed by atoms with E-state index in [-0.39, 0.29) is 30.0 Å². The number of aryl methyl sites for hydroxylation is 1. The Bertz CT molecular complexity index is 687. The van der Waals surface area contributed by atoms with Gasteiger partial charge in [-0.1, -0.05) is 24.3 Å². The van der Waals surface area contributed by atoms with E-state index < -0.39 is 0 Å². The summed E-state index contributed by atoms with van der Waals surface area (Å²) in [6, 6.07) is 8.46. The summed E-state index contributed by atoms with van der Waals surface area (Å²) in [5, 5.41) is 0. The summed E-state index contributed by atoms with van der Waals surface area (Å²) in [6.45, 7) is 4.35. The third-order valence-corrected chi connectivity index (χ3v) is 5.77. The van der Waals surface area contributed by atoms with Crippen LogP contribution in [0.5, 0.6) is 0 Å². The molecule has 7 heteroatoms. The molecule has 1 aliphatic carbocycles. The number of nitrogens with zero attached hydrogens (tertiary/aromatic N) is 2. The van der Waals surface area contributed by atoms with Gasteiger partial charge in [-0.15, -0.1) is 0 Å². The molecule has 140 valence electrons. The summed E-state index contributed by atoms with van der Waals surface area (Å²) < 4.78 is 5.04. The van der Waals surface area contributed by atoms with Crippen LogP contribution < -0.4 is 10.9 Å². The number of nitrogens with one attached hydrogen (secondary N) is 2. The van der Waals surface area contributed by atoms with Crippen molar-refractivity contribution in [2.75, 3.05) is 32.8 Å². The fourth-order valence-electron chi connectivity index (χ4n) is 4.38. The van der Waals surface area contributed by atoms with Crippen LogP contribution in [0.1, 0.15) is 30.5 Å². The molecule has 2 heterocycles. The number of fused-ring (bicyclic) bond motifs is 3. The van der Waals surface area contributed by atoms with Gasteiger partial charge >= 0.3 is 6.09 Å². The maximum Gasteiger partial charge on any atom is 0.409 e.